The second-order valence-electron chi connectivity index (χ2n) is 2.86. The zero-order valence-electron chi connectivity index (χ0n) is 7.80. The number of aryl methyl sites for hydroxylation is 1. The second-order valence-corrected chi connectivity index (χ2v) is 2.86. The second kappa shape index (κ2) is 3.91. The van der Waals surface area contributed by atoms with Gasteiger partial charge in [-0.1, -0.05) is 0 Å². The van der Waals surface area contributed by atoms with Crippen LogP contribution in [0.2, 0.25) is 0 Å². The molecule has 1 aromatic heterocycles. The van der Waals surface area contributed by atoms with Crippen molar-refractivity contribution in [3.63, 3.8) is 0 Å². The van der Waals surface area contributed by atoms with Crippen LogP contribution in [0.4, 0.5) is 0 Å². The molecule has 0 bridgehead atoms. The first-order valence-electron chi connectivity index (χ1n) is 3.95. The number of aliphatic carboxylic acids is 1. The summed E-state index contributed by atoms with van der Waals surface area (Å²) < 4.78 is 0.952. The third-order valence-electron chi connectivity index (χ3n) is 1.69. The molecule has 1 heterocycles. The molecule has 0 aliphatic heterocycles. The fraction of sp³-hybridized carbons (Fsp3) is 0.250. The van der Waals surface area contributed by atoms with E-state index in [1.54, 1.807) is 0 Å². The van der Waals surface area contributed by atoms with Gasteiger partial charge in [0, 0.05) is 11.8 Å². The molecule has 0 saturated carbocycles. The van der Waals surface area contributed by atoms with Gasteiger partial charge in [-0.2, -0.15) is 5.10 Å². The Morgan fingerprint density at radius 1 is 1.47 bits per heavy atom. The normalized spacial score (nSPS) is 9.93. The molecule has 0 atom stereocenters. The Labute approximate surface area is 83.6 Å². The van der Waals surface area contributed by atoms with Gasteiger partial charge in [-0.3, -0.25) is 14.3 Å². The molecule has 0 aliphatic rings. The molecular formula is C8H8N2O5. The Balaban J connectivity index is 3.29. The number of aromatic nitrogens is 2. The molecule has 7 nitrogen and oxygen atoms in total. The molecule has 80 valence electrons. The van der Waals surface area contributed by atoms with Crippen molar-refractivity contribution in [3.8, 4) is 0 Å². The molecule has 0 aromatic carbocycles. The minimum atomic E-state index is -1.47. The van der Waals surface area contributed by atoms with Gasteiger partial charge in [0.1, 0.15) is 6.54 Å². The fourth-order valence-electron chi connectivity index (χ4n) is 1.02. The SMILES string of the molecule is Cc1cc(=O)c(C(=O)O)nn1CC(=O)O. The summed E-state index contributed by atoms with van der Waals surface area (Å²) in [5.41, 5.74) is -1.11. The molecule has 0 aliphatic carbocycles. The Bertz CT molecular complexity index is 476. The smallest absolute Gasteiger partial charge is 0.360 e. The molecule has 2 N–H and O–H groups in total. The van der Waals surface area contributed by atoms with Crippen LogP contribution in [-0.2, 0) is 11.3 Å². The number of aromatic carboxylic acids is 1. The van der Waals surface area contributed by atoms with Crippen molar-refractivity contribution < 1.29 is 19.8 Å². The monoisotopic (exact) mass is 212 g/mol. The first-order chi connectivity index (χ1) is 6.91. The van der Waals surface area contributed by atoms with Crippen LogP contribution in [0, 0.1) is 6.92 Å². The Kier molecular flexibility index (Phi) is 2.84. The standard InChI is InChI=1S/C8H8N2O5/c1-4-2-5(11)7(8(14)15)9-10(4)3-6(12)13/h2H,3H2,1H3,(H,12,13)(H,14,15). The van der Waals surface area contributed by atoms with Gasteiger partial charge in [0.25, 0.3) is 0 Å². The summed E-state index contributed by atoms with van der Waals surface area (Å²) in [6, 6.07) is 1.04. The molecule has 7 heteroatoms. The van der Waals surface area contributed by atoms with E-state index >= 15 is 0 Å². The highest BCUT2D eigenvalue weighted by Crippen LogP contribution is 1.94. The average molecular weight is 212 g/mol. The molecule has 1 aromatic rings. The van der Waals surface area contributed by atoms with E-state index in [0.29, 0.717) is 5.69 Å². The molecule has 0 unspecified atom stereocenters. The predicted octanol–water partition coefficient (Wildman–Crippen LogP) is -0.665. The molecule has 0 spiro atoms. The summed E-state index contributed by atoms with van der Waals surface area (Å²) >= 11 is 0. The van der Waals surface area contributed by atoms with Crippen LogP contribution in [0.1, 0.15) is 16.2 Å². The molecule has 0 fully saturated rings. The zero-order valence-corrected chi connectivity index (χ0v) is 7.80. The first-order valence-corrected chi connectivity index (χ1v) is 3.95. The minimum absolute atomic E-state index is 0.299. The van der Waals surface area contributed by atoms with Crippen LogP contribution in [0.25, 0.3) is 0 Å². The quantitative estimate of drug-likeness (QED) is 0.687. The van der Waals surface area contributed by atoms with Crippen LogP contribution in [0.5, 0.6) is 0 Å². The van der Waals surface area contributed by atoms with Crippen molar-refractivity contribution in [2.45, 2.75) is 13.5 Å². The lowest BCUT2D eigenvalue weighted by Gasteiger charge is -2.06. The molecule has 0 radical (unpaired) electrons. The van der Waals surface area contributed by atoms with E-state index in [9.17, 15) is 14.4 Å². The fourth-order valence-corrected chi connectivity index (χ4v) is 1.02. The topological polar surface area (TPSA) is 109 Å². The van der Waals surface area contributed by atoms with E-state index in [2.05, 4.69) is 5.10 Å². The number of hydrogen-bond acceptors (Lipinski definition) is 4. The number of carboxylic acid groups (broad SMARTS) is 2. The maximum atomic E-state index is 11.1. The Hall–Kier alpha value is -2.18. The minimum Gasteiger partial charge on any atom is -0.480 e. The number of carboxylic acids is 2. The summed E-state index contributed by atoms with van der Waals surface area (Å²) in [5, 5.41) is 20.5. The maximum Gasteiger partial charge on any atom is 0.360 e. The summed E-state index contributed by atoms with van der Waals surface area (Å²) in [4.78, 5) is 32.1. The highest BCUT2D eigenvalue weighted by molar-refractivity contribution is 5.84. The van der Waals surface area contributed by atoms with Gasteiger partial charge in [-0.15, -0.1) is 0 Å². The molecule has 15 heavy (non-hydrogen) atoms. The van der Waals surface area contributed by atoms with Crippen LogP contribution >= 0.6 is 0 Å². The lowest BCUT2D eigenvalue weighted by Crippen LogP contribution is -2.25. The third kappa shape index (κ3) is 2.39. The van der Waals surface area contributed by atoms with Crippen molar-refractivity contribution in [1.82, 2.24) is 9.78 Å². The van der Waals surface area contributed by atoms with E-state index in [4.69, 9.17) is 10.2 Å². The van der Waals surface area contributed by atoms with Crippen LogP contribution < -0.4 is 5.43 Å². The Morgan fingerprint density at radius 3 is 2.53 bits per heavy atom. The molecule has 0 saturated heterocycles. The van der Waals surface area contributed by atoms with E-state index in [1.165, 1.54) is 6.92 Å². The van der Waals surface area contributed by atoms with Gasteiger partial charge in [0.05, 0.1) is 0 Å². The van der Waals surface area contributed by atoms with Gasteiger partial charge in [-0.05, 0) is 6.92 Å². The van der Waals surface area contributed by atoms with E-state index in [1.807, 2.05) is 0 Å². The van der Waals surface area contributed by atoms with Gasteiger partial charge < -0.3 is 10.2 Å². The van der Waals surface area contributed by atoms with Gasteiger partial charge in [-0.25, -0.2) is 4.79 Å². The van der Waals surface area contributed by atoms with Crippen molar-refractivity contribution in [2.24, 2.45) is 0 Å². The summed E-state index contributed by atoms with van der Waals surface area (Å²) in [5.74, 6) is -2.63. The molecular weight excluding hydrogens is 204 g/mol. The molecule has 1 rings (SSSR count). The Morgan fingerprint density at radius 2 is 2.07 bits per heavy atom. The van der Waals surface area contributed by atoms with Crippen molar-refractivity contribution in [1.29, 1.82) is 0 Å². The van der Waals surface area contributed by atoms with E-state index < -0.39 is 29.6 Å². The van der Waals surface area contributed by atoms with Gasteiger partial charge in [0.2, 0.25) is 11.1 Å². The molecule has 0 amide bonds. The largest absolute Gasteiger partial charge is 0.480 e. The summed E-state index contributed by atoms with van der Waals surface area (Å²) in [6.45, 7) is 0.995. The maximum absolute atomic E-state index is 11.1. The van der Waals surface area contributed by atoms with Crippen molar-refractivity contribution in [3.05, 3.63) is 27.7 Å². The number of carbonyl (C=O) groups is 2. The van der Waals surface area contributed by atoms with Crippen LogP contribution in [0.3, 0.4) is 0 Å². The average Bonchev–Trinajstić information content (AvgIpc) is 2.08. The first kappa shape index (κ1) is 10.9. The predicted molar refractivity (Wildman–Crippen MR) is 47.8 cm³/mol. The number of nitrogens with zero attached hydrogens (tertiary/aromatic N) is 2. The van der Waals surface area contributed by atoms with Crippen molar-refractivity contribution >= 4 is 11.9 Å². The highest BCUT2D eigenvalue weighted by atomic mass is 16.4. The lowest BCUT2D eigenvalue weighted by molar-refractivity contribution is -0.138. The van der Waals surface area contributed by atoms with Crippen LogP contribution in [0.15, 0.2) is 10.9 Å². The third-order valence-corrected chi connectivity index (χ3v) is 1.69. The summed E-state index contributed by atoms with van der Waals surface area (Å²) in [6.07, 6.45) is 0. The van der Waals surface area contributed by atoms with Crippen molar-refractivity contribution in [2.75, 3.05) is 0 Å². The highest BCUT2D eigenvalue weighted by Gasteiger charge is 2.13. The van der Waals surface area contributed by atoms with Gasteiger partial charge >= 0.3 is 11.9 Å². The zero-order chi connectivity index (χ0) is 11.6. The van der Waals surface area contributed by atoms with E-state index in [-0.39, 0.29) is 0 Å². The summed E-state index contributed by atoms with van der Waals surface area (Å²) in [7, 11) is 0. The number of rotatable bonds is 3. The van der Waals surface area contributed by atoms with Gasteiger partial charge in [0.15, 0.2) is 0 Å². The lowest BCUT2D eigenvalue weighted by atomic mass is 10.3. The number of hydrogen-bond donors (Lipinski definition) is 2. The van der Waals surface area contributed by atoms with Crippen LogP contribution in [-0.4, -0.2) is 31.9 Å². The van der Waals surface area contributed by atoms with E-state index in [0.717, 1.165) is 10.7 Å².